The molecule has 0 spiro atoms. The molecule has 8 heteroatoms. The molecule has 32 heavy (non-hydrogen) atoms. The van der Waals surface area contributed by atoms with Crippen molar-refractivity contribution in [2.75, 3.05) is 6.61 Å². The number of ether oxygens (including phenoxy) is 1. The molecule has 2 aromatic heterocycles. The Balaban J connectivity index is 1.73. The van der Waals surface area contributed by atoms with E-state index in [2.05, 4.69) is 4.98 Å². The quantitative estimate of drug-likeness (QED) is 0.484. The first-order valence-electron chi connectivity index (χ1n) is 10.7. The molecule has 0 radical (unpaired) electrons. The van der Waals surface area contributed by atoms with Crippen LogP contribution in [-0.4, -0.2) is 31.4 Å². The molecule has 5 rings (SSSR count). The average Bonchev–Trinajstić information content (AvgIpc) is 3.44. The highest BCUT2D eigenvalue weighted by Crippen LogP contribution is 2.18. The van der Waals surface area contributed by atoms with Crippen LogP contribution < -0.4 is 11.2 Å². The smallest absolute Gasteiger partial charge is 0.337 e. The molecule has 0 unspecified atom stereocenters. The minimum atomic E-state index is -0.509. The highest BCUT2D eigenvalue weighted by Gasteiger charge is 2.23. The van der Waals surface area contributed by atoms with Gasteiger partial charge in [0.25, 0.3) is 5.56 Å². The van der Waals surface area contributed by atoms with Gasteiger partial charge < -0.3 is 9.30 Å². The van der Waals surface area contributed by atoms with Crippen LogP contribution in [0.2, 0.25) is 0 Å². The summed E-state index contributed by atoms with van der Waals surface area (Å²) in [6, 6.07) is 13.5. The van der Waals surface area contributed by atoms with Gasteiger partial charge in [0.15, 0.2) is 11.2 Å². The van der Waals surface area contributed by atoms with Gasteiger partial charge in [-0.3, -0.25) is 9.36 Å². The third kappa shape index (κ3) is 3.56. The molecular weight excluding hydrogens is 411 g/mol. The fourth-order valence-corrected chi connectivity index (χ4v) is 4.25. The van der Waals surface area contributed by atoms with Crippen molar-refractivity contribution in [3.63, 3.8) is 0 Å². The molecule has 0 saturated carbocycles. The largest absolute Gasteiger partial charge is 0.376 e. The van der Waals surface area contributed by atoms with Gasteiger partial charge >= 0.3 is 5.69 Å². The van der Waals surface area contributed by atoms with Gasteiger partial charge in [0, 0.05) is 13.2 Å². The van der Waals surface area contributed by atoms with Crippen LogP contribution in [0.4, 0.5) is 4.39 Å². The second-order valence-corrected chi connectivity index (χ2v) is 8.12. The first-order valence-corrected chi connectivity index (χ1v) is 10.7. The van der Waals surface area contributed by atoms with Crippen LogP contribution in [-0.2, 0) is 17.8 Å². The summed E-state index contributed by atoms with van der Waals surface area (Å²) in [5, 5.41) is 0. The lowest BCUT2D eigenvalue weighted by Crippen LogP contribution is -2.42. The Bertz CT molecular complexity index is 1400. The number of hydrogen-bond acceptors (Lipinski definition) is 4. The Morgan fingerprint density at radius 2 is 1.91 bits per heavy atom. The van der Waals surface area contributed by atoms with Crippen LogP contribution in [0, 0.1) is 12.7 Å². The van der Waals surface area contributed by atoms with Crippen molar-refractivity contribution in [2.24, 2.45) is 0 Å². The Labute approximate surface area is 183 Å². The molecule has 0 amide bonds. The van der Waals surface area contributed by atoms with E-state index in [1.165, 1.54) is 33.4 Å². The predicted molar refractivity (Wildman–Crippen MR) is 119 cm³/mol. The van der Waals surface area contributed by atoms with Crippen LogP contribution in [0.5, 0.6) is 0 Å². The van der Waals surface area contributed by atoms with E-state index in [1.54, 1.807) is 10.9 Å². The third-order valence-corrected chi connectivity index (χ3v) is 6.00. The molecule has 0 aliphatic carbocycles. The van der Waals surface area contributed by atoms with E-state index in [9.17, 15) is 14.0 Å². The Hall–Kier alpha value is -3.52. The van der Waals surface area contributed by atoms with Gasteiger partial charge in [0.2, 0.25) is 0 Å². The summed E-state index contributed by atoms with van der Waals surface area (Å²) in [5.74, 6) is -0.407. The van der Waals surface area contributed by atoms with E-state index >= 15 is 0 Å². The summed E-state index contributed by atoms with van der Waals surface area (Å²) in [4.78, 5) is 31.4. The number of benzene rings is 2. The molecule has 3 heterocycles. The van der Waals surface area contributed by atoms with E-state index < -0.39 is 17.1 Å². The molecule has 1 fully saturated rings. The maximum atomic E-state index is 13.5. The van der Waals surface area contributed by atoms with E-state index in [-0.39, 0.29) is 18.3 Å². The van der Waals surface area contributed by atoms with Crippen molar-refractivity contribution < 1.29 is 9.13 Å². The molecule has 1 aliphatic rings. The lowest BCUT2D eigenvalue weighted by Gasteiger charge is -2.15. The molecule has 0 bridgehead atoms. The molecule has 1 atom stereocenters. The minimum Gasteiger partial charge on any atom is -0.376 e. The number of rotatable bonds is 5. The zero-order valence-corrected chi connectivity index (χ0v) is 17.7. The van der Waals surface area contributed by atoms with Crippen molar-refractivity contribution in [1.29, 1.82) is 0 Å². The number of halogens is 1. The zero-order chi connectivity index (χ0) is 22.2. The third-order valence-electron chi connectivity index (χ3n) is 6.00. The Morgan fingerprint density at radius 3 is 2.62 bits per heavy atom. The molecule has 0 N–H and O–H groups in total. The summed E-state index contributed by atoms with van der Waals surface area (Å²) < 4.78 is 23.6. The van der Waals surface area contributed by atoms with Crippen molar-refractivity contribution in [3.8, 4) is 5.69 Å². The van der Waals surface area contributed by atoms with Crippen molar-refractivity contribution in [2.45, 2.75) is 39.0 Å². The SMILES string of the molecule is Cc1ccccc1Cn1cnc2c1c(=O)n(C[C@@H]1CCCO1)c(=O)n2-c1ccc(F)cc1. The van der Waals surface area contributed by atoms with Crippen LogP contribution in [0.15, 0.2) is 64.4 Å². The number of nitrogens with zero attached hydrogens (tertiary/aromatic N) is 4. The number of aryl methyl sites for hydroxylation is 1. The number of imidazole rings is 1. The van der Waals surface area contributed by atoms with E-state index in [4.69, 9.17) is 4.74 Å². The lowest BCUT2D eigenvalue weighted by molar-refractivity contribution is 0.0950. The van der Waals surface area contributed by atoms with Crippen molar-refractivity contribution >= 4 is 11.2 Å². The first-order chi connectivity index (χ1) is 15.5. The first kappa shape index (κ1) is 20.4. The summed E-state index contributed by atoms with van der Waals surface area (Å²) >= 11 is 0. The molecule has 164 valence electrons. The van der Waals surface area contributed by atoms with Gasteiger partial charge in [-0.2, -0.15) is 0 Å². The van der Waals surface area contributed by atoms with Gasteiger partial charge in [-0.25, -0.2) is 18.7 Å². The maximum absolute atomic E-state index is 13.5. The standard InChI is InChI=1S/C24H23FN4O3/c1-16-5-2-3-6-17(16)13-27-15-26-22-21(27)23(30)28(14-20-7-4-12-32-20)24(31)29(22)19-10-8-18(25)9-11-19/h2-3,5-6,8-11,15,20H,4,7,12-14H2,1H3/t20-/m0/s1. The minimum absolute atomic E-state index is 0.171. The molecule has 7 nitrogen and oxygen atoms in total. The lowest BCUT2D eigenvalue weighted by atomic mass is 10.1. The molecule has 2 aromatic carbocycles. The highest BCUT2D eigenvalue weighted by molar-refractivity contribution is 5.72. The van der Waals surface area contributed by atoms with Gasteiger partial charge in [-0.05, 0) is 55.2 Å². The van der Waals surface area contributed by atoms with Crippen molar-refractivity contribution in [3.05, 3.63) is 92.6 Å². The fourth-order valence-electron chi connectivity index (χ4n) is 4.25. The summed E-state index contributed by atoms with van der Waals surface area (Å²) in [5.41, 5.74) is 2.27. The highest BCUT2D eigenvalue weighted by atomic mass is 19.1. The normalized spacial score (nSPS) is 16.1. The maximum Gasteiger partial charge on any atom is 0.337 e. The van der Waals surface area contributed by atoms with Crippen LogP contribution in [0.3, 0.4) is 0 Å². The van der Waals surface area contributed by atoms with Crippen LogP contribution in [0.25, 0.3) is 16.9 Å². The molecule has 4 aromatic rings. The summed E-state index contributed by atoms with van der Waals surface area (Å²) in [6.45, 7) is 3.25. The summed E-state index contributed by atoms with van der Waals surface area (Å²) in [6.07, 6.45) is 3.09. The fraction of sp³-hybridized carbons (Fsp3) is 0.292. The average molecular weight is 434 g/mol. The van der Waals surface area contributed by atoms with Crippen LogP contribution >= 0.6 is 0 Å². The topological polar surface area (TPSA) is 71.1 Å². The van der Waals surface area contributed by atoms with E-state index in [1.807, 2.05) is 31.2 Å². The van der Waals surface area contributed by atoms with E-state index in [0.29, 0.717) is 24.4 Å². The molecular formula is C24H23FN4O3. The number of aromatic nitrogens is 4. The predicted octanol–water partition coefficient (Wildman–Crippen LogP) is 3.02. The molecule has 1 aliphatic heterocycles. The zero-order valence-electron chi connectivity index (χ0n) is 17.7. The van der Waals surface area contributed by atoms with Crippen LogP contribution in [0.1, 0.15) is 24.0 Å². The van der Waals surface area contributed by atoms with Gasteiger partial charge in [-0.15, -0.1) is 0 Å². The van der Waals surface area contributed by atoms with E-state index in [0.717, 1.165) is 24.0 Å². The number of hydrogen-bond donors (Lipinski definition) is 0. The number of fused-ring (bicyclic) bond motifs is 1. The van der Waals surface area contributed by atoms with Gasteiger partial charge in [0.05, 0.1) is 24.7 Å². The Kier molecular flexibility index (Phi) is 5.22. The van der Waals surface area contributed by atoms with Gasteiger partial charge in [-0.1, -0.05) is 24.3 Å². The molecule has 1 saturated heterocycles. The second kappa shape index (κ2) is 8.20. The second-order valence-electron chi connectivity index (χ2n) is 8.12. The van der Waals surface area contributed by atoms with Crippen molar-refractivity contribution in [1.82, 2.24) is 18.7 Å². The van der Waals surface area contributed by atoms with Gasteiger partial charge in [0.1, 0.15) is 5.82 Å². The monoisotopic (exact) mass is 434 g/mol. The summed E-state index contributed by atoms with van der Waals surface area (Å²) in [7, 11) is 0. The Morgan fingerprint density at radius 1 is 1.12 bits per heavy atom.